The molecule has 6 N–H and O–H groups in total. The summed E-state index contributed by atoms with van der Waals surface area (Å²) in [6.45, 7) is 1.57. The molecule has 0 fully saturated rings. The highest BCUT2D eigenvalue weighted by Gasteiger charge is 2.26. The van der Waals surface area contributed by atoms with Gasteiger partial charge in [0.1, 0.15) is 22.2 Å². The first-order valence-corrected chi connectivity index (χ1v) is 16.1. The van der Waals surface area contributed by atoms with Gasteiger partial charge in [-0.2, -0.15) is 23.3 Å². The van der Waals surface area contributed by atoms with Crippen LogP contribution in [0, 0.1) is 6.92 Å². The number of aromatic hydroxyl groups is 2. The molecule has 2 heterocycles. The van der Waals surface area contributed by atoms with E-state index in [1.165, 1.54) is 36.4 Å². The van der Waals surface area contributed by atoms with Gasteiger partial charge in [-0.25, -0.2) is 0 Å². The van der Waals surface area contributed by atoms with Crippen LogP contribution < -0.4 is 0 Å². The Labute approximate surface area is 261 Å². The van der Waals surface area contributed by atoms with Crippen molar-refractivity contribution in [1.29, 1.82) is 0 Å². The fraction of sp³-hybridized carbons (Fsp3) is 0.0345. The highest BCUT2D eigenvalue weighted by molar-refractivity contribution is 8.19. The summed E-state index contributed by atoms with van der Waals surface area (Å²) in [6.07, 6.45) is 1.58. The second kappa shape index (κ2) is 11.6. The molecule has 6 aromatic rings. The number of hydrogen-bond donors (Lipinski definition) is 6. The number of pyridine rings is 1. The van der Waals surface area contributed by atoms with Gasteiger partial charge in [-0.1, -0.05) is 24.3 Å². The number of hydrogen-bond acceptors (Lipinski definition) is 13. The van der Waals surface area contributed by atoms with Gasteiger partial charge in [0.2, 0.25) is 5.88 Å². The predicted molar refractivity (Wildman–Crippen MR) is 169 cm³/mol. The van der Waals surface area contributed by atoms with Gasteiger partial charge in [0.05, 0.1) is 32.4 Å². The number of nitrogens with zero attached hydrogens (tertiary/aromatic N) is 7. The number of para-hydroxylation sites is 1. The topological polar surface area (TPSA) is 236 Å². The Morgan fingerprint density at radius 1 is 0.761 bits per heavy atom. The van der Waals surface area contributed by atoms with Crippen molar-refractivity contribution in [2.24, 2.45) is 20.5 Å². The van der Waals surface area contributed by atoms with Crippen LogP contribution in [0.3, 0.4) is 0 Å². The summed E-state index contributed by atoms with van der Waals surface area (Å²) < 4.78 is 63.4. The maximum absolute atomic E-state index is 11.3. The molecule has 17 heteroatoms. The van der Waals surface area contributed by atoms with Gasteiger partial charge < -0.3 is 23.9 Å². The minimum atomic E-state index is -4.40. The maximum Gasteiger partial charge on any atom is 0.294 e. The van der Waals surface area contributed by atoms with E-state index in [1.54, 1.807) is 31.3 Å². The molecule has 0 saturated carbocycles. The largest absolute Gasteiger partial charge is 0.505 e. The Morgan fingerprint density at radius 3 is 2.20 bits per heavy atom. The van der Waals surface area contributed by atoms with E-state index in [0.29, 0.717) is 16.6 Å². The molecule has 0 aliphatic carbocycles. The van der Waals surface area contributed by atoms with E-state index in [1.807, 2.05) is 12.1 Å². The summed E-state index contributed by atoms with van der Waals surface area (Å²) >= 11 is 0. The van der Waals surface area contributed by atoms with E-state index < -0.39 is 37.5 Å². The molecule has 0 unspecified atom stereocenters. The molecule has 15 nitrogen and oxygen atoms in total. The van der Waals surface area contributed by atoms with Crippen LogP contribution in [0.15, 0.2) is 115 Å². The van der Waals surface area contributed by atoms with E-state index in [4.69, 9.17) is 0 Å². The number of benzene rings is 4. The average molecular weight is 662 g/mol. The summed E-state index contributed by atoms with van der Waals surface area (Å²) in [6, 6.07) is 19.5. The zero-order valence-corrected chi connectivity index (χ0v) is 25.2. The number of aromatic nitrogens is 3. The summed E-state index contributed by atoms with van der Waals surface area (Å²) in [7, 11) is -8.74. The van der Waals surface area contributed by atoms with E-state index >= 15 is 0 Å². The minimum Gasteiger partial charge on any atom is -0.505 e. The highest BCUT2D eigenvalue weighted by Crippen LogP contribution is 2.54. The van der Waals surface area contributed by atoms with Crippen molar-refractivity contribution in [3.05, 3.63) is 90.8 Å². The molecule has 46 heavy (non-hydrogen) atoms. The fourth-order valence-electron chi connectivity index (χ4n) is 4.64. The minimum absolute atomic E-state index is 0.00549. The molecule has 0 radical (unpaired) electrons. The van der Waals surface area contributed by atoms with Gasteiger partial charge in [-0.05, 0) is 66.9 Å². The third kappa shape index (κ3) is 5.88. The van der Waals surface area contributed by atoms with Crippen LogP contribution in [-0.4, -0.2) is 51.6 Å². The van der Waals surface area contributed by atoms with Crippen LogP contribution >= 0.6 is 10.9 Å². The molecular weight excluding hydrogens is 638 g/mol. The first-order valence-electron chi connectivity index (χ1n) is 13.2. The number of azo groups is 2. The van der Waals surface area contributed by atoms with Crippen LogP contribution in [-0.2, 0) is 10.1 Å². The number of phenolic OH excluding ortho intramolecular Hbond substituents is 1. The molecular formula is C29H23N7O8S2. The summed E-state index contributed by atoms with van der Waals surface area (Å²) in [5.74, 6) is -0.913. The van der Waals surface area contributed by atoms with Crippen LogP contribution in [0.2, 0.25) is 0 Å². The van der Waals surface area contributed by atoms with E-state index in [2.05, 4.69) is 30.5 Å². The number of fused-ring (bicyclic) bond motifs is 2. The number of rotatable bonds is 7. The van der Waals surface area contributed by atoms with Crippen molar-refractivity contribution in [3.63, 3.8) is 0 Å². The van der Waals surface area contributed by atoms with Crippen LogP contribution in [0.25, 0.3) is 27.4 Å². The first-order chi connectivity index (χ1) is 21.8. The second-order valence-electron chi connectivity index (χ2n) is 9.89. The molecule has 6 rings (SSSR count). The van der Waals surface area contributed by atoms with Crippen molar-refractivity contribution < 1.29 is 36.8 Å². The van der Waals surface area contributed by atoms with E-state index in [9.17, 15) is 36.8 Å². The second-order valence-corrected chi connectivity index (χ2v) is 12.8. The molecule has 0 spiro atoms. The monoisotopic (exact) mass is 661 g/mol. The van der Waals surface area contributed by atoms with E-state index in [0.717, 1.165) is 22.2 Å². The molecule has 0 aliphatic rings. The molecule has 0 atom stereocenters. The SMILES string of the molecule is Cc1nn(-c2ccc(S(=O)(=O)O)cc2)c(O)c1N=Nc1ccc2cc(S(O)(O)O)c(N=Nc3cccc4cccnc34)c(O)c2c1. The molecule has 2 aromatic heterocycles. The lowest BCUT2D eigenvalue weighted by molar-refractivity contribution is 0.375. The zero-order chi connectivity index (χ0) is 32.8. The van der Waals surface area contributed by atoms with Crippen molar-refractivity contribution in [2.45, 2.75) is 16.7 Å². The lowest BCUT2D eigenvalue weighted by Crippen LogP contribution is -2.00. The Bertz CT molecular complexity index is 2310. The van der Waals surface area contributed by atoms with Gasteiger partial charge in [-0.3, -0.25) is 9.54 Å². The van der Waals surface area contributed by atoms with Crippen molar-refractivity contribution in [1.82, 2.24) is 14.8 Å². The Hall–Kier alpha value is -5.30. The Balaban J connectivity index is 1.38. The van der Waals surface area contributed by atoms with Crippen LogP contribution in [0.1, 0.15) is 5.69 Å². The van der Waals surface area contributed by atoms with Crippen molar-refractivity contribution in [2.75, 3.05) is 0 Å². The first kappa shape index (κ1) is 30.7. The molecule has 0 saturated heterocycles. The molecule has 4 aromatic carbocycles. The Morgan fingerprint density at radius 2 is 1.48 bits per heavy atom. The molecule has 0 bridgehead atoms. The Kier molecular flexibility index (Phi) is 7.72. The van der Waals surface area contributed by atoms with Gasteiger partial charge in [-0.15, -0.1) is 15.3 Å². The maximum atomic E-state index is 11.3. The van der Waals surface area contributed by atoms with Crippen LogP contribution in [0.5, 0.6) is 11.6 Å². The quantitative estimate of drug-likeness (QED) is 0.0712. The smallest absolute Gasteiger partial charge is 0.294 e. The molecule has 0 aliphatic heterocycles. The zero-order valence-electron chi connectivity index (χ0n) is 23.5. The lowest BCUT2D eigenvalue weighted by Gasteiger charge is -2.22. The van der Waals surface area contributed by atoms with Gasteiger partial charge in [0, 0.05) is 17.0 Å². The normalized spacial score (nSPS) is 13.0. The van der Waals surface area contributed by atoms with Crippen LogP contribution in [0.4, 0.5) is 22.7 Å². The highest BCUT2D eigenvalue weighted by atomic mass is 32.3. The summed E-state index contributed by atoms with van der Waals surface area (Å²) in [5, 5.41) is 44.0. The lowest BCUT2D eigenvalue weighted by atomic mass is 10.1. The third-order valence-corrected chi connectivity index (χ3v) is 8.62. The fourth-order valence-corrected chi connectivity index (χ4v) is 5.80. The number of aryl methyl sites for hydroxylation is 1. The van der Waals surface area contributed by atoms with Crippen molar-refractivity contribution >= 4 is 65.4 Å². The predicted octanol–water partition coefficient (Wildman–Crippen LogP) is 7.95. The summed E-state index contributed by atoms with van der Waals surface area (Å²) in [4.78, 5) is 3.53. The molecule has 234 valence electrons. The van der Waals surface area contributed by atoms with Gasteiger partial charge >= 0.3 is 0 Å². The van der Waals surface area contributed by atoms with Gasteiger partial charge in [0.15, 0.2) is 11.4 Å². The third-order valence-electron chi connectivity index (χ3n) is 6.85. The molecule has 0 amide bonds. The number of phenols is 1. The average Bonchev–Trinajstić information content (AvgIpc) is 3.31. The van der Waals surface area contributed by atoms with Gasteiger partial charge in [0.25, 0.3) is 10.1 Å². The van der Waals surface area contributed by atoms with Crippen molar-refractivity contribution in [3.8, 4) is 17.3 Å². The summed E-state index contributed by atoms with van der Waals surface area (Å²) in [5.41, 5.74) is 1.27. The van der Waals surface area contributed by atoms with E-state index in [-0.39, 0.29) is 38.7 Å². The standard InChI is InChI=1S/C29H23N7O8S2/c1-16-25(29(38)36(35-16)20-9-11-21(12-10-20)45(39,40)41)33-31-19-8-7-18-14-24(46(42,43)44)27(28(37)22(18)15-19)34-32-23-6-2-4-17-5-3-13-30-26(17)23/h2-15,37-38,42-44H,1H3,(H,39,40,41).